The van der Waals surface area contributed by atoms with Gasteiger partial charge in [-0.1, -0.05) is 12.1 Å². The molecule has 0 heterocycles. The molecule has 0 aliphatic carbocycles. The zero-order valence-corrected chi connectivity index (χ0v) is 15.3. The molecule has 0 spiro atoms. The van der Waals surface area contributed by atoms with Crippen LogP contribution in [0.1, 0.15) is 17.5 Å². The van der Waals surface area contributed by atoms with Gasteiger partial charge in [0.15, 0.2) is 0 Å². The van der Waals surface area contributed by atoms with Gasteiger partial charge in [-0.25, -0.2) is 13.1 Å². The topological polar surface area (TPSA) is 84.5 Å². The SMILES string of the molecule is COc1ccc(S(=O)(=O)NCCC(=O)Nc2cccc(C)c2C)cc1. The summed E-state index contributed by atoms with van der Waals surface area (Å²) in [6.07, 6.45) is 0.0444. The molecule has 0 aliphatic rings. The summed E-state index contributed by atoms with van der Waals surface area (Å²) in [4.78, 5) is 12.1. The van der Waals surface area contributed by atoms with E-state index in [1.54, 1.807) is 12.1 Å². The van der Waals surface area contributed by atoms with Crippen molar-refractivity contribution in [3.05, 3.63) is 53.6 Å². The number of ether oxygens (including phenoxy) is 1. The van der Waals surface area contributed by atoms with Crippen molar-refractivity contribution in [1.29, 1.82) is 0 Å². The zero-order chi connectivity index (χ0) is 18.4. The molecule has 0 radical (unpaired) electrons. The molecule has 7 heteroatoms. The summed E-state index contributed by atoms with van der Waals surface area (Å²) in [5, 5.41) is 2.80. The Morgan fingerprint density at radius 1 is 1.08 bits per heavy atom. The Kier molecular flexibility index (Phi) is 6.17. The predicted molar refractivity (Wildman–Crippen MR) is 97.3 cm³/mol. The predicted octanol–water partition coefficient (Wildman–Crippen LogP) is 2.62. The van der Waals surface area contributed by atoms with Crippen molar-refractivity contribution in [2.75, 3.05) is 19.0 Å². The van der Waals surface area contributed by atoms with Gasteiger partial charge in [-0.2, -0.15) is 0 Å². The van der Waals surface area contributed by atoms with Crippen LogP contribution in [0, 0.1) is 13.8 Å². The first-order valence-corrected chi connectivity index (χ1v) is 9.31. The van der Waals surface area contributed by atoms with E-state index in [1.807, 2.05) is 32.0 Å². The van der Waals surface area contributed by atoms with Gasteiger partial charge >= 0.3 is 0 Å². The molecule has 0 aromatic heterocycles. The van der Waals surface area contributed by atoms with Crippen LogP contribution >= 0.6 is 0 Å². The maximum atomic E-state index is 12.2. The van der Waals surface area contributed by atoms with Gasteiger partial charge in [0.05, 0.1) is 12.0 Å². The van der Waals surface area contributed by atoms with Crippen LogP contribution in [0.2, 0.25) is 0 Å². The molecular formula is C18H22N2O4S. The highest BCUT2D eigenvalue weighted by Gasteiger charge is 2.14. The largest absolute Gasteiger partial charge is 0.497 e. The Bertz CT molecular complexity index is 846. The van der Waals surface area contributed by atoms with Crippen molar-refractivity contribution in [2.45, 2.75) is 25.2 Å². The molecular weight excluding hydrogens is 340 g/mol. The van der Waals surface area contributed by atoms with Gasteiger partial charge in [0, 0.05) is 18.7 Å². The number of methoxy groups -OCH3 is 1. The van der Waals surface area contributed by atoms with Crippen LogP contribution < -0.4 is 14.8 Å². The van der Waals surface area contributed by atoms with Crippen molar-refractivity contribution in [2.24, 2.45) is 0 Å². The molecule has 0 saturated carbocycles. The highest BCUT2D eigenvalue weighted by atomic mass is 32.2. The minimum Gasteiger partial charge on any atom is -0.497 e. The summed E-state index contributed by atoms with van der Waals surface area (Å²) in [5.41, 5.74) is 2.82. The van der Waals surface area contributed by atoms with E-state index in [0.29, 0.717) is 5.75 Å². The molecule has 134 valence electrons. The lowest BCUT2D eigenvalue weighted by Gasteiger charge is -2.11. The van der Waals surface area contributed by atoms with Gasteiger partial charge in [0.2, 0.25) is 15.9 Å². The highest BCUT2D eigenvalue weighted by molar-refractivity contribution is 7.89. The number of nitrogens with one attached hydrogen (secondary N) is 2. The number of sulfonamides is 1. The first-order chi connectivity index (χ1) is 11.8. The molecule has 0 saturated heterocycles. The van der Waals surface area contributed by atoms with Gasteiger partial charge < -0.3 is 10.1 Å². The van der Waals surface area contributed by atoms with Gasteiger partial charge in [0.1, 0.15) is 5.75 Å². The number of carbonyl (C=O) groups is 1. The van der Waals surface area contributed by atoms with Crippen molar-refractivity contribution in [3.63, 3.8) is 0 Å². The number of benzene rings is 2. The number of anilines is 1. The van der Waals surface area contributed by atoms with E-state index in [-0.39, 0.29) is 23.8 Å². The Morgan fingerprint density at radius 3 is 2.40 bits per heavy atom. The maximum absolute atomic E-state index is 12.2. The van der Waals surface area contributed by atoms with Crippen LogP contribution in [0.3, 0.4) is 0 Å². The Labute approximate surface area is 148 Å². The van der Waals surface area contributed by atoms with Gasteiger partial charge in [0.25, 0.3) is 0 Å². The second kappa shape index (κ2) is 8.13. The molecule has 2 aromatic carbocycles. The summed E-state index contributed by atoms with van der Waals surface area (Å²) in [5.74, 6) is 0.331. The van der Waals surface area contributed by atoms with Crippen molar-refractivity contribution in [1.82, 2.24) is 4.72 Å². The molecule has 2 rings (SSSR count). The quantitative estimate of drug-likeness (QED) is 0.793. The van der Waals surface area contributed by atoms with E-state index >= 15 is 0 Å². The summed E-state index contributed by atoms with van der Waals surface area (Å²) >= 11 is 0. The molecule has 0 fully saturated rings. The first kappa shape index (κ1) is 19.0. The van der Waals surface area contributed by atoms with Gasteiger partial charge in [-0.15, -0.1) is 0 Å². The first-order valence-electron chi connectivity index (χ1n) is 7.83. The molecule has 0 bridgehead atoms. The lowest BCUT2D eigenvalue weighted by atomic mass is 10.1. The van der Waals surface area contributed by atoms with E-state index in [0.717, 1.165) is 16.8 Å². The molecule has 0 unspecified atom stereocenters. The van der Waals surface area contributed by atoms with Crippen LogP contribution in [-0.4, -0.2) is 28.0 Å². The van der Waals surface area contributed by atoms with E-state index in [9.17, 15) is 13.2 Å². The minimum absolute atomic E-state index is 0.0189. The summed E-state index contributed by atoms with van der Waals surface area (Å²) in [7, 11) is -2.14. The lowest BCUT2D eigenvalue weighted by molar-refractivity contribution is -0.116. The molecule has 0 atom stereocenters. The third-order valence-corrected chi connectivity index (χ3v) is 5.37. The maximum Gasteiger partial charge on any atom is 0.240 e. The second-order valence-electron chi connectivity index (χ2n) is 5.62. The van der Waals surface area contributed by atoms with Gasteiger partial charge in [-0.05, 0) is 55.3 Å². The molecule has 25 heavy (non-hydrogen) atoms. The fourth-order valence-electron chi connectivity index (χ4n) is 2.24. The van der Waals surface area contributed by atoms with E-state index in [1.165, 1.54) is 19.2 Å². The Balaban J connectivity index is 1.90. The van der Waals surface area contributed by atoms with Crippen molar-refractivity contribution >= 4 is 21.6 Å². The average Bonchev–Trinajstić information content (AvgIpc) is 2.59. The Hall–Kier alpha value is -2.38. The molecule has 0 aliphatic heterocycles. The van der Waals surface area contributed by atoms with Crippen LogP contribution in [0.5, 0.6) is 5.75 Å². The fourth-order valence-corrected chi connectivity index (χ4v) is 3.27. The van der Waals surface area contributed by atoms with Crippen molar-refractivity contribution < 1.29 is 17.9 Å². The fraction of sp³-hybridized carbons (Fsp3) is 0.278. The smallest absolute Gasteiger partial charge is 0.240 e. The van der Waals surface area contributed by atoms with Crippen LogP contribution in [0.15, 0.2) is 47.4 Å². The highest BCUT2D eigenvalue weighted by Crippen LogP contribution is 2.18. The summed E-state index contributed by atoms with van der Waals surface area (Å²) in [6.45, 7) is 3.91. The number of hydrogen-bond acceptors (Lipinski definition) is 4. The lowest BCUT2D eigenvalue weighted by Crippen LogP contribution is -2.28. The summed E-state index contributed by atoms with van der Waals surface area (Å²) in [6, 6.07) is 11.7. The molecule has 2 N–H and O–H groups in total. The monoisotopic (exact) mass is 362 g/mol. The number of amides is 1. The van der Waals surface area contributed by atoms with Crippen LogP contribution in [0.25, 0.3) is 0 Å². The van der Waals surface area contributed by atoms with E-state index < -0.39 is 10.0 Å². The van der Waals surface area contributed by atoms with Crippen molar-refractivity contribution in [3.8, 4) is 5.75 Å². The van der Waals surface area contributed by atoms with Crippen LogP contribution in [0.4, 0.5) is 5.69 Å². The normalized spacial score (nSPS) is 11.2. The third-order valence-electron chi connectivity index (χ3n) is 3.89. The van der Waals surface area contributed by atoms with E-state index in [4.69, 9.17) is 4.74 Å². The van der Waals surface area contributed by atoms with E-state index in [2.05, 4.69) is 10.0 Å². The van der Waals surface area contributed by atoms with Crippen LogP contribution in [-0.2, 0) is 14.8 Å². The third kappa shape index (κ3) is 5.04. The standard InChI is InChI=1S/C18H22N2O4S/c1-13-5-4-6-17(14(13)2)20-18(21)11-12-19-25(22,23)16-9-7-15(24-3)8-10-16/h4-10,19H,11-12H2,1-3H3,(H,20,21). The Morgan fingerprint density at radius 2 is 1.76 bits per heavy atom. The number of carbonyl (C=O) groups excluding carboxylic acids is 1. The number of aryl methyl sites for hydroxylation is 1. The number of hydrogen-bond donors (Lipinski definition) is 2. The molecule has 2 aromatic rings. The molecule has 6 nitrogen and oxygen atoms in total. The second-order valence-corrected chi connectivity index (χ2v) is 7.39. The average molecular weight is 362 g/mol. The van der Waals surface area contributed by atoms with Gasteiger partial charge in [-0.3, -0.25) is 4.79 Å². The molecule has 1 amide bonds. The minimum atomic E-state index is -3.65. The summed E-state index contributed by atoms with van der Waals surface area (Å²) < 4.78 is 31.8. The number of rotatable bonds is 7. The zero-order valence-electron chi connectivity index (χ0n) is 14.5.